The predicted octanol–water partition coefficient (Wildman–Crippen LogP) is 1.93. The van der Waals surface area contributed by atoms with Crippen molar-refractivity contribution in [3.8, 4) is 0 Å². The number of likely N-dealkylation sites (tertiary alicyclic amines) is 1. The van der Waals surface area contributed by atoms with Crippen LogP contribution in [-0.4, -0.2) is 36.5 Å². The van der Waals surface area contributed by atoms with Crippen LogP contribution in [0.4, 0.5) is 0 Å². The van der Waals surface area contributed by atoms with E-state index in [0.717, 1.165) is 24.2 Å². The van der Waals surface area contributed by atoms with Crippen LogP contribution in [0.2, 0.25) is 0 Å². The average molecular weight is 274 g/mol. The number of ether oxygens (including phenoxy) is 1. The Kier molecular flexibility index (Phi) is 4.03. The number of carbonyl (C=O) groups excluding carboxylic acids is 1. The van der Waals surface area contributed by atoms with Gasteiger partial charge in [0.2, 0.25) is 0 Å². The smallest absolute Gasteiger partial charge is 0.338 e. The standard InChI is InChI=1S/C16H22N2O2/c1-2-18-7-5-14(6-8-18)17-10-12-3-4-15-13(9-12)11-20-16(15)19/h3-4,9,14,17H,2,5-8,10-11H2,1H3. The first-order valence-corrected chi connectivity index (χ1v) is 7.51. The SMILES string of the molecule is CCN1CCC(NCc2ccc3c(c2)COC3=O)CC1. The van der Waals surface area contributed by atoms with Crippen LogP contribution >= 0.6 is 0 Å². The monoisotopic (exact) mass is 274 g/mol. The highest BCUT2D eigenvalue weighted by atomic mass is 16.5. The van der Waals surface area contributed by atoms with E-state index in [1.807, 2.05) is 12.1 Å². The molecule has 0 aliphatic carbocycles. The molecule has 1 fully saturated rings. The van der Waals surface area contributed by atoms with Gasteiger partial charge in [-0.05, 0) is 44.1 Å². The third-order valence-corrected chi connectivity index (χ3v) is 4.38. The number of benzene rings is 1. The molecule has 0 radical (unpaired) electrons. The highest BCUT2D eigenvalue weighted by Crippen LogP contribution is 2.21. The maximum atomic E-state index is 11.4. The summed E-state index contributed by atoms with van der Waals surface area (Å²) in [7, 11) is 0. The van der Waals surface area contributed by atoms with Crippen molar-refractivity contribution in [2.45, 2.75) is 39.0 Å². The van der Waals surface area contributed by atoms with Gasteiger partial charge in [-0.15, -0.1) is 0 Å². The lowest BCUT2D eigenvalue weighted by Gasteiger charge is -2.31. The summed E-state index contributed by atoms with van der Waals surface area (Å²) in [6.07, 6.45) is 2.45. The van der Waals surface area contributed by atoms with E-state index in [1.165, 1.54) is 31.5 Å². The number of carbonyl (C=O) groups is 1. The molecule has 2 heterocycles. The molecular formula is C16H22N2O2. The number of rotatable bonds is 4. The van der Waals surface area contributed by atoms with E-state index >= 15 is 0 Å². The number of piperidine rings is 1. The zero-order chi connectivity index (χ0) is 13.9. The lowest BCUT2D eigenvalue weighted by molar-refractivity contribution is 0.0535. The van der Waals surface area contributed by atoms with Gasteiger partial charge in [0, 0.05) is 18.2 Å². The molecule has 2 aliphatic heterocycles. The molecule has 0 spiro atoms. The van der Waals surface area contributed by atoms with Gasteiger partial charge in [-0.1, -0.05) is 19.1 Å². The lowest BCUT2D eigenvalue weighted by atomic mass is 10.0. The summed E-state index contributed by atoms with van der Waals surface area (Å²) in [5.41, 5.74) is 2.99. The lowest BCUT2D eigenvalue weighted by Crippen LogP contribution is -2.42. The van der Waals surface area contributed by atoms with E-state index < -0.39 is 0 Å². The molecule has 0 bridgehead atoms. The first-order valence-electron chi connectivity index (χ1n) is 7.51. The summed E-state index contributed by atoms with van der Waals surface area (Å²) < 4.78 is 5.03. The molecule has 2 aliphatic rings. The van der Waals surface area contributed by atoms with Crippen LogP contribution in [0.1, 0.15) is 41.3 Å². The zero-order valence-electron chi connectivity index (χ0n) is 12.0. The summed E-state index contributed by atoms with van der Waals surface area (Å²) in [6.45, 7) is 7.07. The van der Waals surface area contributed by atoms with Crippen LogP contribution in [0.3, 0.4) is 0 Å². The van der Waals surface area contributed by atoms with Gasteiger partial charge in [0.05, 0.1) is 5.56 Å². The molecule has 1 aromatic carbocycles. The van der Waals surface area contributed by atoms with Gasteiger partial charge in [0.25, 0.3) is 0 Å². The van der Waals surface area contributed by atoms with Crippen molar-refractivity contribution < 1.29 is 9.53 Å². The van der Waals surface area contributed by atoms with E-state index in [0.29, 0.717) is 12.6 Å². The van der Waals surface area contributed by atoms with Crippen molar-refractivity contribution in [1.29, 1.82) is 0 Å². The summed E-state index contributed by atoms with van der Waals surface area (Å²) in [4.78, 5) is 13.9. The van der Waals surface area contributed by atoms with Crippen molar-refractivity contribution in [2.24, 2.45) is 0 Å². The van der Waals surface area contributed by atoms with Gasteiger partial charge in [-0.25, -0.2) is 4.79 Å². The van der Waals surface area contributed by atoms with Gasteiger partial charge in [-0.2, -0.15) is 0 Å². The van der Waals surface area contributed by atoms with Gasteiger partial charge in [0.1, 0.15) is 6.61 Å². The van der Waals surface area contributed by atoms with Crippen LogP contribution in [0, 0.1) is 0 Å². The number of cyclic esters (lactones) is 1. The minimum atomic E-state index is -0.188. The first-order chi connectivity index (χ1) is 9.76. The topological polar surface area (TPSA) is 41.6 Å². The summed E-state index contributed by atoms with van der Waals surface area (Å²) in [5, 5.41) is 3.63. The predicted molar refractivity (Wildman–Crippen MR) is 77.5 cm³/mol. The molecule has 0 amide bonds. The normalized spacial score (nSPS) is 19.9. The van der Waals surface area contributed by atoms with Gasteiger partial charge >= 0.3 is 5.97 Å². The largest absolute Gasteiger partial charge is 0.457 e. The second-order valence-electron chi connectivity index (χ2n) is 5.66. The molecule has 4 nitrogen and oxygen atoms in total. The highest BCUT2D eigenvalue weighted by molar-refractivity contribution is 5.93. The number of nitrogens with zero attached hydrogens (tertiary/aromatic N) is 1. The second kappa shape index (κ2) is 5.94. The highest BCUT2D eigenvalue weighted by Gasteiger charge is 2.21. The minimum Gasteiger partial charge on any atom is -0.457 e. The van der Waals surface area contributed by atoms with E-state index in [1.54, 1.807) is 0 Å². The van der Waals surface area contributed by atoms with Gasteiger partial charge in [0.15, 0.2) is 0 Å². The van der Waals surface area contributed by atoms with Crippen molar-refractivity contribution in [3.63, 3.8) is 0 Å². The third-order valence-electron chi connectivity index (χ3n) is 4.38. The summed E-state index contributed by atoms with van der Waals surface area (Å²) in [6, 6.07) is 6.62. The molecule has 1 aromatic rings. The molecular weight excluding hydrogens is 252 g/mol. The average Bonchev–Trinajstić information content (AvgIpc) is 2.87. The quantitative estimate of drug-likeness (QED) is 0.852. The fourth-order valence-electron chi connectivity index (χ4n) is 3.01. The molecule has 0 aromatic heterocycles. The number of hydrogen-bond donors (Lipinski definition) is 1. The van der Waals surface area contributed by atoms with Crippen molar-refractivity contribution in [2.75, 3.05) is 19.6 Å². The molecule has 1 saturated heterocycles. The Bertz CT molecular complexity index is 493. The number of fused-ring (bicyclic) bond motifs is 1. The first kappa shape index (κ1) is 13.6. The van der Waals surface area contributed by atoms with Crippen LogP contribution in [-0.2, 0) is 17.9 Å². The zero-order valence-corrected chi connectivity index (χ0v) is 12.0. The fraction of sp³-hybridized carbons (Fsp3) is 0.562. The summed E-state index contributed by atoms with van der Waals surface area (Å²) >= 11 is 0. The number of esters is 1. The second-order valence-corrected chi connectivity index (χ2v) is 5.66. The van der Waals surface area contributed by atoms with E-state index in [2.05, 4.69) is 23.2 Å². The van der Waals surface area contributed by atoms with Gasteiger partial charge < -0.3 is 15.0 Å². The molecule has 3 rings (SSSR count). The molecule has 1 N–H and O–H groups in total. The Morgan fingerprint density at radius 2 is 2.15 bits per heavy atom. The Labute approximate surface area is 120 Å². The molecule has 0 unspecified atom stereocenters. The maximum Gasteiger partial charge on any atom is 0.338 e. The van der Waals surface area contributed by atoms with Crippen LogP contribution in [0.15, 0.2) is 18.2 Å². The Morgan fingerprint density at radius 1 is 1.35 bits per heavy atom. The van der Waals surface area contributed by atoms with Crippen molar-refractivity contribution >= 4 is 5.97 Å². The van der Waals surface area contributed by atoms with E-state index in [4.69, 9.17) is 4.74 Å². The Hall–Kier alpha value is -1.39. The Balaban J connectivity index is 1.53. The maximum absolute atomic E-state index is 11.4. The third kappa shape index (κ3) is 2.86. The summed E-state index contributed by atoms with van der Waals surface area (Å²) in [5.74, 6) is -0.188. The van der Waals surface area contributed by atoms with Crippen LogP contribution in [0.25, 0.3) is 0 Å². The molecule has 20 heavy (non-hydrogen) atoms. The minimum absolute atomic E-state index is 0.188. The molecule has 4 heteroatoms. The van der Waals surface area contributed by atoms with Crippen molar-refractivity contribution in [3.05, 3.63) is 34.9 Å². The number of nitrogens with one attached hydrogen (secondary N) is 1. The van der Waals surface area contributed by atoms with Gasteiger partial charge in [-0.3, -0.25) is 0 Å². The van der Waals surface area contributed by atoms with Crippen LogP contribution < -0.4 is 5.32 Å². The van der Waals surface area contributed by atoms with E-state index in [9.17, 15) is 4.79 Å². The molecule has 108 valence electrons. The fourth-order valence-corrected chi connectivity index (χ4v) is 3.01. The number of hydrogen-bond acceptors (Lipinski definition) is 4. The van der Waals surface area contributed by atoms with Crippen molar-refractivity contribution in [1.82, 2.24) is 10.2 Å². The Morgan fingerprint density at radius 3 is 2.90 bits per heavy atom. The molecule has 0 saturated carbocycles. The van der Waals surface area contributed by atoms with E-state index in [-0.39, 0.29) is 5.97 Å². The van der Waals surface area contributed by atoms with Crippen LogP contribution in [0.5, 0.6) is 0 Å². The molecule has 0 atom stereocenters.